The highest BCUT2D eigenvalue weighted by molar-refractivity contribution is 6.30. The van der Waals surface area contributed by atoms with E-state index >= 15 is 0 Å². The first-order chi connectivity index (χ1) is 13.3. The molecule has 2 aromatic carbocycles. The predicted molar refractivity (Wildman–Crippen MR) is 112 cm³/mol. The van der Waals surface area contributed by atoms with Crippen LogP contribution in [0.25, 0.3) is 6.08 Å². The lowest BCUT2D eigenvalue weighted by molar-refractivity contribution is -0.0192. The van der Waals surface area contributed by atoms with Gasteiger partial charge in [0.1, 0.15) is 17.2 Å². The van der Waals surface area contributed by atoms with Gasteiger partial charge >= 0.3 is 0 Å². The van der Waals surface area contributed by atoms with Crippen molar-refractivity contribution in [3.05, 3.63) is 70.0 Å². The summed E-state index contributed by atoms with van der Waals surface area (Å²) in [6, 6.07) is 11.9. The Morgan fingerprint density at radius 2 is 1.96 bits per heavy atom. The third kappa shape index (κ3) is 4.24. The largest absolute Gasteiger partial charge is 0.496 e. The maximum atomic E-state index is 14.2. The normalized spacial score (nSPS) is 24.0. The van der Waals surface area contributed by atoms with Gasteiger partial charge in [0.15, 0.2) is 0 Å². The van der Waals surface area contributed by atoms with Gasteiger partial charge in [0.25, 0.3) is 0 Å². The summed E-state index contributed by atoms with van der Waals surface area (Å²) in [5, 5.41) is 12.8. The van der Waals surface area contributed by atoms with Crippen LogP contribution in [0.4, 0.5) is 4.39 Å². The first-order valence-corrected chi connectivity index (χ1v) is 9.90. The fourth-order valence-corrected chi connectivity index (χ4v) is 4.30. The van der Waals surface area contributed by atoms with Gasteiger partial charge in [-0.2, -0.15) is 0 Å². The molecular weight excluding hydrogens is 377 g/mol. The number of ether oxygens (including phenoxy) is 1. The minimum Gasteiger partial charge on any atom is -0.496 e. The molecule has 1 saturated carbocycles. The van der Waals surface area contributed by atoms with Crippen LogP contribution >= 0.6 is 11.6 Å². The lowest BCUT2D eigenvalue weighted by Gasteiger charge is -2.44. The van der Waals surface area contributed by atoms with Crippen LogP contribution in [0.2, 0.25) is 5.02 Å². The van der Waals surface area contributed by atoms with Crippen molar-refractivity contribution in [3.8, 4) is 5.75 Å². The zero-order chi connectivity index (χ0) is 20.3. The number of nitrogens with zero attached hydrogens (tertiary/aromatic N) is 1. The molecule has 1 fully saturated rings. The molecule has 3 nitrogen and oxygen atoms in total. The Hall–Kier alpha value is -1.88. The van der Waals surface area contributed by atoms with E-state index in [1.54, 1.807) is 13.2 Å². The van der Waals surface area contributed by atoms with Gasteiger partial charge in [0, 0.05) is 23.0 Å². The number of methoxy groups -OCH3 is 1. The topological polar surface area (TPSA) is 32.7 Å². The van der Waals surface area contributed by atoms with Crippen molar-refractivity contribution in [2.75, 3.05) is 27.7 Å². The van der Waals surface area contributed by atoms with E-state index in [2.05, 4.69) is 4.90 Å². The molecule has 28 heavy (non-hydrogen) atoms. The van der Waals surface area contributed by atoms with Crippen molar-refractivity contribution in [1.29, 1.82) is 0 Å². The minimum atomic E-state index is -1.31. The summed E-state index contributed by atoms with van der Waals surface area (Å²) in [7, 11) is 5.52. The highest BCUT2D eigenvalue weighted by Gasteiger charge is 2.46. The van der Waals surface area contributed by atoms with Crippen LogP contribution in [0.1, 0.15) is 30.4 Å². The molecular formula is C23H27ClFNO2. The molecule has 0 saturated heterocycles. The van der Waals surface area contributed by atoms with Crippen LogP contribution in [0, 0.1) is 11.7 Å². The zero-order valence-electron chi connectivity index (χ0n) is 16.6. The van der Waals surface area contributed by atoms with Gasteiger partial charge in [0.05, 0.1) is 7.11 Å². The molecule has 0 radical (unpaired) electrons. The summed E-state index contributed by atoms with van der Waals surface area (Å²) in [6.07, 6.45) is 4.56. The summed E-state index contributed by atoms with van der Waals surface area (Å²) >= 11 is 6.01. The van der Waals surface area contributed by atoms with Crippen molar-refractivity contribution in [2.24, 2.45) is 5.92 Å². The third-order valence-corrected chi connectivity index (χ3v) is 5.70. The molecule has 0 aromatic heterocycles. The van der Waals surface area contributed by atoms with Crippen molar-refractivity contribution in [3.63, 3.8) is 0 Å². The Morgan fingerprint density at radius 1 is 1.25 bits per heavy atom. The van der Waals surface area contributed by atoms with E-state index in [9.17, 15) is 9.50 Å². The number of hydrogen-bond acceptors (Lipinski definition) is 3. The van der Waals surface area contributed by atoms with E-state index in [1.165, 1.54) is 12.1 Å². The van der Waals surface area contributed by atoms with Crippen LogP contribution in [0.5, 0.6) is 5.75 Å². The van der Waals surface area contributed by atoms with E-state index in [-0.39, 0.29) is 11.7 Å². The molecule has 0 aliphatic heterocycles. The Bertz CT molecular complexity index is 850. The molecule has 0 amide bonds. The second-order valence-electron chi connectivity index (χ2n) is 7.68. The van der Waals surface area contributed by atoms with Gasteiger partial charge in [-0.3, -0.25) is 0 Å². The zero-order valence-corrected chi connectivity index (χ0v) is 17.3. The molecule has 1 aliphatic carbocycles. The van der Waals surface area contributed by atoms with Crippen molar-refractivity contribution >= 4 is 17.7 Å². The average Bonchev–Trinajstić information content (AvgIpc) is 2.66. The Kier molecular flexibility index (Phi) is 6.43. The second-order valence-corrected chi connectivity index (χ2v) is 8.12. The monoisotopic (exact) mass is 403 g/mol. The fourth-order valence-electron chi connectivity index (χ4n) is 4.18. The molecule has 2 unspecified atom stereocenters. The number of benzene rings is 2. The molecule has 1 aliphatic rings. The molecule has 150 valence electrons. The number of hydrogen-bond donors (Lipinski definition) is 1. The predicted octanol–water partition coefficient (Wildman–Crippen LogP) is 5.12. The Labute approximate surface area is 171 Å². The van der Waals surface area contributed by atoms with Gasteiger partial charge < -0.3 is 14.7 Å². The van der Waals surface area contributed by atoms with Gasteiger partial charge in [-0.1, -0.05) is 29.8 Å². The molecule has 2 atom stereocenters. The quantitative estimate of drug-likeness (QED) is 0.752. The van der Waals surface area contributed by atoms with Crippen molar-refractivity contribution in [2.45, 2.75) is 24.9 Å². The van der Waals surface area contributed by atoms with Crippen LogP contribution in [0.15, 0.2) is 48.0 Å². The molecule has 0 heterocycles. The SMILES string of the molecule is COc1ccc(F)cc1C1(O)/C(=C/c2ccc(Cl)cc2)CCCC1CN(C)C. The number of halogens is 2. The molecule has 3 rings (SSSR count). The molecule has 2 aromatic rings. The van der Waals surface area contributed by atoms with E-state index in [1.807, 2.05) is 44.4 Å². The standard InChI is InChI=1S/C23H27ClFNO2/c1-26(2)15-18-6-4-5-17(13-16-7-9-19(24)10-8-16)23(18,27)21-14-20(25)11-12-22(21)28-3/h7-14,18,27H,4-6,15H2,1-3H3/b17-13+. The van der Waals surface area contributed by atoms with E-state index in [0.29, 0.717) is 22.9 Å². The van der Waals surface area contributed by atoms with Crippen LogP contribution < -0.4 is 4.74 Å². The van der Waals surface area contributed by atoms with Gasteiger partial charge in [-0.05, 0) is 74.8 Å². The van der Waals surface area contributed by atoms with Gasteiger partial charge in [0.2, 0.25) is 0 Å². The lowest BCUT2D eigenvalue weighted by atomic mass is 9.67. The highest BCUT2D eigenvalue weighted by atomic mass is 35.5. The third-order valence-electron chi connectivity index (χ3n) is 5.45. The second kappa shape index (κ2) is 8.64. The maximum Gasteiger partial charge on any atom is 0.125 e. The smallest absolute Gasteiger partial charge is 0.125 e. The van der Waals surface area contributed by atoms with Crippen LogP contribution in [0.3, 0.4) is 0 Å². The first-order valence-electron chi connectivity index (χ1n) is 9.52. The van der Waals surface area contributed by atoms with E-state index in [4.69, 9.17) is 16.3 Å². The van der Waals surface area contributed by atoms with E-state index < -0.39 is 5.60 Å². The first kappa shape index (κ1) is 20.8. The van der Waals surface area contributed by atoms with Gasteiger partial charge in [-0.25, -0.2) is 4.39 Å². The molecule has 0 spiro atoms. The summed E-state index contributed by atoms with van der Waals surface area (Å²) in [6.45, 7) is 0.689. The number of rotatable bonds is 5. The molecule has 0 bridgehead atoms. The van der Waals surface area contributed by atoms with E-state index in [0.717, 1.165) is 30.4 Å². The van der Waals surface area contributed by atoms with Crippen LogP contribution in [-0.2, 0) is 5.60 Å². The Morgan fingerprint density at radius 3 is 2.61 bits per heavy atom. The summed E-state index contributed by atoms with van der Waals surface area (Å²) in [5.41, 5.74) is 1.01. The summed E-state index contributed by atoms with van der Waals surface area (Å²) < 4.78 is 19.7. The molecule has 5 heteroatoms. The molecule has 1 N–H and O–H groups in total. The Balaban J connectivity index is 2.17. The fraction of sp³-hybridized carbons (Fsp3) is 0.391. The number of aliphatic hydroxyl groups is 1. The maximum absolute atomic E-state index is 14.2. The summed E-state index contributed by atoms with van der Waals surface area (Å²) in [5.74, 6) is 0.0336. The van der Waals surface area contributed by atoms with Crippen molar-refractivity contribution < 1.29 is 14.2 Å². The summed E-state index contributed by atoms with van der Waals surface area (Å²) in [4.78, 5) is 2.06. The lowest BCUT2D eigenvalue weighted by Crippen LogP contribution is -2.45. The minimum absolute atomic E-state index is 0.0782. The van der Waals surface area contributed by atoms with Crippen LogP contribution in [-0.4, -0.2) is 37.8 Å². The highest BCUT2D eigenvalue weighted by Crippen LogP contribution is 2.49. The van der Waals surface area contributed by atoms with Crippen molar-refractivity contribution in [1.82, 2.24) is 4.90 Å². The van der Waals surface area contributed by atoms with Gasteiger partial charge in [-0.15, -0.1) is 0 Å². The average molecular weight is 404 g/mol.